The summed E-state index contributed by atoms with van der Waals surface area (Å²) in [6.45, 7) is 19.6. The number of carbonyl (C=O) groups is 2. The second-order valence-corrected chi connectivity index (χ2v) is 38.5. The average molecular weight is 1580 g/mol. The summed E-state index contributed by atoms with van der Waals surface area (Å²) in [6, 6.07) is 14.2. The highest BCUT2D eigenvalue weighted by atomic mass is 32.1. The molecule has 598 valence electrons. The Morgan fingerprint density at radius 1 is 0.343 bits per heavy atom. The van der Waals surface area contributed by atoms with Gasteiger partial charge in [-0.3, -0.25) is 9.59 Å². The minimum Gasteiger partial charge on any atom is -0.311 e. The molecule has 3 aliphatic rings. The molecule has 0 fully saturated rings. The van der Waals surface area contributed by atoms with Crippen LogP contribution in [0, 0.1) is 18.8 Å². The first kappa shape index (κ1) is 88.0. The van der Waals surface area contributed by atoms with Crippen molar-refractivity contribution in [1.82, 2.24) is 18.5 Å². The molecule has 0 N–H and O–H groups in total. The van der Waals surface area contributed by atoms with Crippen LogP contribution < -0.4 is 0 Å². The lowest BCUT2D eigenvalue weighted by Gasteiger charge is -2.29. The van der Waals surface area contributed by atoms with Crippen molar-refractivity contribution in [3.8, 4) is 40.4 Å². The third-order valence-corrected chi connectivity index (χ3v) is 29.7. The van der Waals surface area contributed by atoms with E-state index in [4.69, 9.17) is 17.5 Å². The predicted octanol–water partition coefficient (Wildman–Crippen LogP) is 33.0. The van der Waals surface area contributed by atoms with E-state index in [0.717, 1.165) is 99.6 Å². The smallest absolute Gasteiger partial charge is 0.261 e. The Kier molecular flexibility index (Phi) is 41.0. The second kappa shape index (κ2) is 50.3. The summed E-state index contributed by atoms with van der Waals surface area (Å²) in [5.41, 5.74) is 11.7. The zero-order valence-corrected chi connectivity index (χ0v) is 74.1. The van der Waals surface area contributed by atoms with E-state index in [1.807, 2.05) is 45.3 Å². The van der Waals surface area contributed by atoms with Crippen LogP contribution in [0.1, 0.15) is 403 Å². The number of amides is 2. The fraction of sp³-hybridized carbons (Fsp3) is 0.702. The average Bonchev–Trinajstić information content (AvgIpc) is 1.57. The number of thiophene rings is 4. The first-order valence-electron chi connectivity index (χ1n) is 45.1. The Hall–Kier alpha value is -3.92. The molecule has 9 rings (SSSR count). The quantitative estimate of drug-likeness (QED) is 0.0355. The number of hydrogen-bond acceptors (Lipinski definition) is 11. The Morgan fingerprint density at radius 2 is 0.667 bits per heavy atom. The summed E-state index contributed by atoms with van der Waals surface area (Å²) in [5.74, 6) is 0.886. The third kappa shape index (κ3) is 26.6. The van der Waals surface area contributed by atoms with E-state index in [1.54, 1.807) is 0 Å². The standard InChI is InChI=1S/C94H144N6O2S6/c1-9-15-21-27-33-37-39-43-49-55-61-75-67-80(105-91(75)78-64-63-71(7)103-78)83-86-88(97-107-95-86)84(89-87(83)96-108-98-89)81-68-76(62-56-50-44-40-38-34-28-22-16-10-2)92(106-81)79-66-65-77(104-79)90-85-82(93(101)100(90)70-74(59-52-46-32-26-20-14-6)60-54-48-42-36-30-24-18-12-4)72(8)99(94(85)102)69-73(57-51-45-31-25-19-13-5)58-53-47-41-35-29-23-17-11-3/h63-68,73-74H,9-62,69-70H2,1-8H3. The molecule has 2 unspecified atom stereocenters. The van der Waals surface area contributed by atoms with Crippen LogP contribution in [0.2, 0.25) is 0 Å². The van der Waals surface area contributed by atoms with Gasteiger partial charge in [0.15, 0.2) is 0 Å². The molecule has 8 heterocycles. The highest BCUT2D eigenvalue weighted by Gasteiger charge is 2.48. The molecule has 0 radical (unpaired) electrons. The number of benzene rings is 1. The van der Waals surface area contributed by atoms with Gasteiger partial charge in [-0.05, 0) is 125 Å². The lowest BCUT2D eigenvalue weighted by Crippen LogP contribution is -2.34. The lowest BCUT2D eigenvalue weighted by molar-refractivity contribution is -0.125. The lowest BCUT2D eigenvalue weighted by atomic mass is 9.93. The molecule has 0 bridgehead atoms. The highest BCUT2D eigenvalue weighted by Crippen LogP contribution is 2.57. The Bertz CT molecular complexity index is 3730. The second-order valence-electron chi connectivity index (χ2n) is 32.9. The van der Waals surface area contributed by atoms with Crippen LogP contribution >= 0.6 is 57.1 Å². The van der Waals surface area contributed by atoms with Crippen molar-refractivity contribution in [2.45, 2.75) is 402 Å². The Labute approximate surface area is 681 Å². The largest absolute Gasteiger partial charge is 0.311 e. The number of carbonyl (C=O) groups excluding carboxylic acids is 2. The maximum atomic E-state index is 16.0. The fourth-order valence-electron chi connectivity index (χ4n) is 17.3. The molecule has 0 saturated carbocycles. The van der Waals surface area contributed by atoms with E-state index in [2.05, 4.69) is 102 Å². The monoisotopic (exact) mass is 1580 g/mol. The maximum Gasteiger partial charge on any atom is 0.261 e. The van der Waals surface area contributed by atoms with E-state index in [1.165, 1.54) is 365 Å². The van der Waals surface area contributed by atoms with Gasteiger partial charge in [-0.1, -0.05) is 337 Å². The number of allylic oxidation sites excluding steroid dienone is 1. The summed E-state index contributed by atoms with van der Waals surface area (Å²) in [4.78, 5) is 46.1. The molecule has 0 saturated heterocycles. The number of hydrogen-bond donors (Lipinski definition) is 0. The number of fused-ring (bicyclic) bond motifs is 3. The van der Waals surface area contributed by atoms with Crippen LogP contribution in [0.15, 0.2) is 62.0 Å². The molecule has 3 aliphatic heterocycles. The van der Waals surface area contributed by atoms with Gasteiger partial charge in [0.05, 0.1) is 44.8 Å². The van der Waals surface area contributed by atoms with Crippen molar-refractivity contribution in [2.24, 2.45) is 20.6 Å². The number of nitrogens with zero attached hydrogens (tertiary/aromatic N) is 6. The van der Waals surface area contributed by atoms with E-state index < -0.39 is 0 Å². The molecule has 5 aromatic heterocycles. The van der Waals surface area contributed by atoms with Gasteiger partial charge < -0.3 is 9.80 Å². The van der Waals surface area contributed by atoms with E-state index >= 15 is 9.59 Å². The number of aromatic nitrogens is 2. The van der Waals surface area contributed by atoms with Gasteiger partial charge in [-0.2, -0.15) is 17.5 Å². The zero-order valence-electron chi connectivity index (χ0n) is 69.2. The van der Waals surface area contributed by atoms with Crippen molar-refractivity contribution < 1.29 is 9.59 Å². The van der Waals surface area contributed by atoms with Crippen molar-refractivity contribution in [3.05, 3.63) is 74.1 Å². The minimum atomic E-state index is 0.0544. The van der Waals surface area contributed by atoms with Crippen LogP contribution in [0.25, 0.3) is 57.1 Å². The van der Waals surface area contributed by atoms with Crippen molar-refractivity contribution in [3.63, 3.8) is 0 Å². The van der Waals surface area contributed by atoms with E-state index in [-0.39, 0.29) is 11.8 Å². The highest BCUT2D eigenvalue weighted by molar-refractivity contribution is 7.58. The molecule has 8 nitrogen and oxygen atoms in total. The van der Waals surface area contributed by atoms with E-state index in [0.29, 0.717) is 36.1 Å². The first-order valence-corrected chi connectivity index (χ1v) is 49.8. The van der Waals surface area contributed by atoms with Gasteiger partial charge in [-0.25, -0.2) is 0 Å². The fourth-order valence-corrected chi connectivity index (χ4v) is 23.2. The molecule has 0 aliphatic carbocycles. The van der Waals surface area contributed by atoms with Gasteiger partial charge in [0.1, 0.15) is 22.4 Å². The molecule has 1 aromatic carbocycles. The maximum absolute atomic E-state index is 16.0. The number of unbranched alkanes of at least 4 members (excludes halogenated alkanes) is 42. The first-order chi connectivity index (χ1) is 53.1. The van der Waals surface area contributed by atoms with Crippen LogP contribution in [0.3, 0.4) is 0 Å². The summed E-state index contributed by atoms with van der Waals surface area (Å²) in [5, 5.41) is 0. The van der Waals surface area contributed by atoms with Gasteiger partial charge in [-0.15, -0.1) is 45.3 Å². The van der Waals surface area contributed by atoms with Crippen molar-refractivity contribution in [2.75, 3.05) is 13.1 Å². The van der Waals surface area contributed by atoms with Crippen molar-refractivity contribution >= 4 is 108 Å². The van der Waals surface area contributed by atoms with Gasteiger partial charge >= 0.3 is 0 Å². The number of rotatable bonds is 63. The van der Waals surface area contributed by atoms with Gasteiger partial charge in [0, 0.05) is 64.1 Å². The Balaban J connectivity index is 1.07. The zero-order chi connectivity index (χ0) is 75.9. The summed E-state index contributed by atoms with van der Waals surface area (Å²) < 4.78 is 20.9. The molecular formula is C94H144N6O2S6. The van der Waals surface area contributed by atoms with Gasteiger partial charge in [0.25, 0.3) is 11.8 Å². The topological polar surface area (TPSA) is 91.1 Å². The van der Waals surface area contributed by atoms with E-state index in [9.17, 15) is 0 Å². The summed E-state index contributed by atoms with van der Waals surface area (Å²) in [6.07, 6.45) is 68.8. The molecule has 2 atom stereocenters. The molecule has 14 heteroatoms. The molecular weight excluding hydrogens is 1440 g/mol. The molecule has 0 spiro atoms. The van der Waals surface area contributed by atoms with Crippen LogP contribution in [0.4, 0.5) is 11.4 Å². The van der Waals surface area contributed by atoms with Gasteiger partial charge in [0.2, 0.25) is 0 Å². The normalized spacial score (nSPS) is 14.2. The van der Waals surface area contributed by atoms with Crippen LogP contribution in [-0.4, -0.2) is 43.5 Å². The van der Waals surface area contributed by atoms with Crippen LogP contribution in [-0.2, 0) is 33.8 Å². The summed E-state index contributed by atoms with van der Waals surface area (Å²) >= 11 is 10.1. The molecule has 2 amide bonds. The Morgan fingerprint density at radius 3 is 1.04 bits per heavy atom. The predicted molar refractivity (Wildman–Crippen MR) is 479 cm³/mol. The molecule has 6 aromatic rings. The minimum absolute atomic E-state index is 0.0544. The summed E-state index contributed by atoms with van der Waals surface area (Å²) in [7, 11) is 0. The number of aryl methyl sites for hydroxylation is 3. The van der Waals surface area contributed by atoms with Crippen LogP contribution in [0.5, 0.6) is 0 Å². The molecule has 108 heavy (non-hydrogen) atoms. The third-order valence-electron chi connectivity index (χ3n) is 23.8. The van der Waals surface area contributed by atoms with Crippen molar-refractivity contribution in [1.29, 1.82) is 0 Å². The SMILES string of the molecule is CCCCCCCCCCCCc1cc(-c2c3c(c(-c4cc(CCCCCCCCCCCC)c(-c5ccc(C6=C7C(=O)N(CC(CCCCCCCC)CCCCCCCCCC)C(C)=C7C(=O)N6CC(CCCCCCCC)CCCCCCCCCC)s5)s4)c4nsnc24)N=S=N3)sc1-c1ccc(C)s1.